The fraction of sp³-hybridized carbons (Fsp3) is 0.750. The van der Waals surface area contributed by atoms with E-state index in [1.807, 2.05) is 6.92 Å². The second-order valence-electron chi connectivity index (χ2n) is 6.23. The fourth-order valence-corrected chi connectivity index (χ4v) is 3.40. The van der Waals surface area contributed by atoms with Gasteiger partial charge in [0, 0.05) is 25.2 Å². The summed E-state index contributed by atoms with van der Waals surface area (Å²) in [6.07, 6.45) is 4.52. The summed E-state index contributed by atoms with van der Waals surface area (Å²) >= 11 is 6.14. The van der Waals surface area contributed by atoms with E-state index in [1.54, 1.807) is 11.7 Å². The van der Waals surface area contributed by atoms with Gasteiger partial charge in [0.15, 0.2) is 0 Å². The number of amides is 1. The predicted octanol–water partition coefficient (Wildman–Crippen LogP) is 1.28. The molecular weight excluding hydrogens is 316 g/mol. The number of aryl methyl sites for hydroxylation is 2. The van der Waals surface area contributed by atoms with Gasteiger partial charge in [0.1, 0.15) is 5.15 Å². The number of aliphatic hydroxyl groups excluding tert-OH is 1. The standard InChI is InChI=1S/C16H27ClN4O2/c1-12-14(16(17)20(2)19-12)10-15(23)18-7-3-4-8-21-9-5-6-13(21)11-22/h13,22H,3-11H2,1-2H3,(H,18,23). The summed E-state index contributed by atoms with van der Waals surface area (Å²) in [6.45, 7) is 4.86. The maximum Gasteiger partial charge on any atom is 0.224 e. The number of hydrogen-bond donors (Lipinski definition) is 2. The Kier molecular flexibility index (Phi) is 6.87. The highest BCUT2D eigenvalue weighted by Gasteiger charge is 2.22. The molecule has 1 aliphatic heterocycles. The number of halogens is 1. The van der Waals surface area contributed by atoms with Gasteiger partial charge >= 0.3 is 0 Å². The number of unbranched alkanes of at least 4 members (excludes halogenated alkanes) is 1. The number of nitrogens with zero attached hydrogens (tertiary/aromatic N) is 3. The Hall–Kier alpha value is -1.11. The summed E-state index contributed by atoms with van der Waals surface area (Å²) in [5.74, 6) is -0.0163. The molecule has 7 heteroatoms. The summed E-state index contributed by atoms with van der Waals surface area (Å²) in [7, 11) is 1.77. The van der Waals surface area contributed by atoms with Crippen molar-refractivity contribution in [2.75, 3.05) is 26.2 Å². The first-order valence-corrected chi connectivity index (χ1v) is 8.70. The first-order valence-electron chi connectivity index (χ1n) is 8.32. The molecule has 0 bridgehead atoms. The van der Waals surface area contributed by atoms with Crippen LogP contribution in [0.5, 0.6) is 0 Å². The van der Waals surface area contributed by atoms with Gasteiger partial charge in [-0.25, -0.2) is 0 Å². The third-order valence-corrected chi connectivity index (χ3v) is 4.98. The van der Waals surface area contributed by atoms with Crippen LogP contribution in [0.1, 0.15) is 36.9 Å². The Balaban J connectivity index is 1.63. The van der Waals surface area contributed by atoms with Crippen LogP contribution in [-0.4, -0.2) is 58.0 Å². The van der Waals surface area contributed by atoms with Crippen molar-refractivity contribution in [2.24, 2.45) is 7.05 Å². The first-order chi connectivity index (χ1) is 11.0. The summed E-state index contributed by atoms with van der Waals surface area (Å²) in [5, 5.41) is 17.0. The van der Waals surface area contributed by atoms with E-state index in [-0.39, 0.29) is 18.9 Å². The number of aromatic nitrogens is 2. The zero-order valence-electron chi connectivity index (χ0n) is 14.0. The van der Waals surface area contributed by atoms with Crippen LogP contribution >= 0.6 is 11.6 Å². The molecule has 1 unspecified atom stereocenters. The molecule has 1 aliphatic rings. The summed E-state index contributed by atoms with van der Waals surface area (Å²) in [4.78, 5) is 14.3. The molecule has 130 valence electrons. The number of nitrogens with one attached hydrogen (secondary N) is 1. The minimum absolute atomic E-state index is 0.0163. The van der Waals surface area contributed by atoms with E-state index in [2.05, 4.69) is 15.3 Å². The maximum absolute atomic E-state index is 12.0. The number of aliphatic hydroxyl groups is 1. The number of rotatable bonds is 8. The lowest BCUT2D eigenvalue weighted by molar-refractivity contribution is -0.120. The topological polar surface area (TPSA) is 70.4 Å². The molecule has 1 saturated heterocycles. The molecule has 1 fully saturated rings. The molecule has 6 nitrogen and oxygen atoms in total. The molecule has 0 radical (unpaired) electrons. The van der Waals surface area contributed by atoms with Crippen molar-refractivity contribution < 1.29 is 9.90 Å². The zero-order chi connectivity index (χ0) is 16.8. The van der Waals surface area contributed by atoms with Crippen molar-refractivity contribution in [3.63, 3.8) is 0 Å². The molecule has 0 spiro atoms. The monoisotopic (exact) mass is 342 g/mol. The first kappa shape index (κ1) is 18.2. The van der Waals surface area contributed by atoms with Gasteiger partial charge in [0.25, 0.3) is 0 Å². The highest BCUT2D eigenvalue weighted by atomic mass is 35.5. The number of carbonyl (C=O) groups is 1. The van der Waals surface area contributed by atoms with E-state index in [9.17, 15) is 9.90 Å². The lowest BCUT2D eigenvalue weighted by Gasteiger charge is -2.22. The third-order valence-electron chi connectivity index (χ3n) is 4.51. The van der Waals surface area contributed by atoms with E-state index in [1.165, 1.54) is 6.42 Å². The van der Waals surface area contributed by atoms with Crippen molar-refractivity contribution in [1.82, 2.24) is 20.0 Å². The molecule has 1 atom stereocenters. The van der Waals surface area contributed by atoms with Crippen molar-refractivity contribution in [3.8, 4) is 0 Å². The largest absolute Gasteiger partial charge is 0.395 e. The molecule has 1 aromatic heterocycles. The molecule has 2 heterocycles. The number of hydrogen-bond acceptors (Lipinski definition) is 4. The van der Waals surface area contributed by atoms with Gasteiger partial charge in [-0.3, -0.25) is 14.4 Å². The van der Waals surface area contributed by atoms with Crippen LogP contribution < -0.4 is 5.32 Å². The third kappa shape index (κ3) is 4.93. The predicted molar refractivity (Wildman–Crippen MR) is 90.6 cm³/mol. The van der Waals surface area contributed by atoms with Crippen molar-refractivity contribution >= 4 is 17.5 Å². The van der Waals surface area contributed by atoms with Crippen molar-refractivity contribution in [3.05, 3.63) is 16.4 Å². The van der Waals surface area contributed by atoms with Gasteiger partial charge in [-0.1, -0.05) is 11.6 Å². The smallest absolute Gasteiger partial charge is 0.224 e. The Morgan fingerprint density at radius 3 is 2.91 bits per heavy atom. The Morgan fingerprint density at radius 2 is 2.26 bits per heavy atom. The van der Waals surface area contributed by atoms with E-state index < -0.39 is 0 Å². The number of carbonyl (C=O) groups excluding carboxylic acids is 1. The van der Waals surface area contributed by atoms with Gasteiger partial charge in [0.05, 0.1) is 18.7 Å². The van der Waals surface area contributed by atoms with Crippen LogP contribution in [0.3, 0.4) is 0 Å². The summed E-state index contributed by atoms with van der Waals surface area (Å²) in [5.41, 5.74) is 1.60. The molecular formula is C16H27ClN4O2. The molecule has 1 aromatic rings. The maximum atomic E-state index is 12.0. The average molecular weight is 343 g/mol. The fourth-order valence-electron chi connectivity index (χ4n) is 3.16. The van der Waals surface area contributed by atoms with Crippen molar-refractivity contribution in [2.45, 2.75) is 45.1 Å². The zero-order valence-corrected chi connectivity index (χ0v) is 14.8. The van der Waals surface area contributed by atoms with Gasteiger partial charge < -0.3 is 10.4 Å². The van der Waals surface area contributed by atoms with Crippen LogP contribution in [0.25, 0.3) is 0 Å². The SMILES string of the molecule is Cc1nn(C)c(Cl)c1CC(=O)NCCCCN1CCCC1CO. The highest BCUT2D eigenvalue weighted by molar-refractivity contribution is 6.30. The highest BCUT2D eigenvalue weighted by Crippen LogP contribution is 2.19. The van der Waals surface area contributed by atoms with Gasteiger partial charge in [-0.15, -0.1) is 0 Å². The van der Waals surface area contributed by atoms with Crippen LogP contribution in [0.2, 0.25) is 5.15 Å². The molecule has 0 saturated carbocycles. The second kappa shape index (κ2) is 8.66. The Morgan fingerprint density at radius 1 is 1.48 bits per heavy atom. The molecule has 1 amide bonds. The van der Waals surface area contributed by atoms with Crippen LogP contribution in [-0.2, 0) is 18.3 Å². The van der Waals surface area contributed by atoms with Gasteiger partial charge in [-0.2, -0.15) is 5.10 Å². The quantitative estimate of drug-likeness (QED) is 0.698. The normalized spacial score (nSPS) is 18.5. The van der Waals surface area contributed by atoms with E-state index >= 15 is 0 Å². The van der Waals surface area contributed by atoms with Crippen LogP contribution in [0.4, 0.5) is 0 Å². The molecule has 2 rings (SSSR count). The molecule has 0 aliphatic carbocycles. The van der Waals surface area contributed by atoms with Crippen LogP contribution in [0, 0.1) is 6.92 Å². The molecule has 2 N–H and O–H groups in total. The Labute approximate surface area is 142 Å². The Bertz CT molecular complexity index is 532. The van der Waals surface area contributed by atoms with E-state index in [0.717, 1.165) is 43.6 Å². The van der Waals surface area contributed by atoms with E-state index in [4.69, 9.17) is 11.6 Å². The van der Waals surface area contributed by atoms with Gasteiger partial charge in [-0.05, 0) is 45.7 Å². The second-order valence-corrected chi connectivity index (χ2v) is 6.58. The lowest BCUT2D eigenvalue weighted by Crippen LogP contribution is -2.33. The minimum Gasteiger partial charge on any atom is -0.395 e. The molecule has 23 heavy (non-hydrogen) atoms. The summed E-state index contributed by atoms with van der Waals surface area (Å²) in [6, 6.07) is 0.334. The van der Waals surface area contributed by atoms with E-state index in [0.29, 0.717) is 17.7 Å². The average Bonchev–Trinajstić information content (AvgIpc) is 3.07. The molecule has 0 aromatic carbocycles. The lowest BCUT2D eigenvalue weighted by atomic mass is 10.2. The van der Waals surface area contributed by atoms with Crippen LogP contribution in [0.15, 0.2) is 0 Å². The summed E-state index contributed by atoms with van der Waals surface area (Å²) < 4.78 is 1.59. The number of likely N-dealkylation sites (tertiary alicyclic amines) is 1. The van der Waals surface area contributed by atoms with Crippen molar-refractivity contribution in [1.29, 1.82) is 0 Å². The van der Waals surface area contributed by atoms with Gasteiger partial charge in [0.2, 0.25) is 5.91 Å². The minimum atomic E-state index is -0.0163.